The highest BCUT2D eigenvalue weighted by Crippen LogP contribution is 2.11. The van der Waals surface area contributed by atoms with Gasteiger partial charge in [0.25, 0.3) is 0 Å². The minimum absolute atomic E-state index is 0.105. The lowest BCUT2D eigenvalue weighted by atomic mass is 10.1. The predicted molar refractivity (Wildman–Crippen MR) is 66.5 cm³/mol. The first-order valence-corrected chi connectivity index (χ1v) is 6.61. The normalized spacial score (nSPS) is 15.0. The second-order valence-corrected chi connectivity index (χ2v) is 4.46. The van der Waals surface area contributed by atoms with E-state index in [9.17, 15) is 5.11 Å². The first-order chi connectivity index (χ1) is 7.70. The number of aliphatic hydroxyl groups excluding tert-OH is 2. The van der Waals surface area contributed by atoms with Crippen LogP contribution in [-0.2, 0) is 4.74 Å². The third-order valence-electron chi connectivity index (χ3n) is 2.86. The summed E-state index contributed by atoms with van der Waals surface area (Å²) in [5.74, 6) is 0. The molecule has 16 heavy (non-hydrogen) atoms. The lowest BCUT2D eigenvalue weighted by molar-refractivity contribution is 0.0333. The van der Waals surface area contributed by atoms with E-state index in [2.05, 4.69) is 6.92 Å². The van der Waals surface area contributed by atoms with Crippen LogP contribution in [0.3, 0.4) is 0 Å². The van der Waals surface area contributed by atoms with Gasteiger partial charge in [-0.1, -0.05) is 32.6 Å². The number of aliphatic hydroxyl groups is 2. The van der Waals surface area contributed by atoms with Crippen molar-refractivity contribution in [2.45, 2.75) is 71.0 Å². The summed E-state index contributed by atoms with van der Waals surface area (Å²) >= 11 is 0. The quantitative estimate of drug-likeness (QED) is 0.538. The Bertz CT molecular complexity index is 139. The Morgan fingerprint density at radius 3 is 2.25 bits per heavy atom. The number of unbranched alkanes of at least 4 members (excludes halogenated alkanes) is 3. The minimum atomic E-state index is -0.105. The van der Waals surface area contributed by atoms with Gasteiger partial charge in [-0.05, 0) is 26.2 Å². The maximum absolute atomic E-state index is 9.36. The predicted octanol–water partition coefficient (Wildman–Crippen LogP) is 2.50. The van der Waals surface area contributed by atoms with Crippen LogP contribution in [0, 0.1) is 0 Å². The van der Waals surface area contributed by atoms with Gasteiger partial charge in [0.1, 0.15) is 0 Å². The van der Waals surface area contributed by atoms with E-state index in [0.717, 1.165) is 25.7 Å². The van der Waals surface area contributed by atoms with E-state index in [1.807, 2.05) is 6.92 Å². The van der Waals surface area contributed by atoms with E-state index in [-0.39, 0.29) is 18.8 Å². The molecule has 0 aliphatic heterocycles. The highest BCUT2D eigenvalue weighted by Gasteiger charge is 2.02. The van der Waals surface area contributed by atoms with Crippen LogP contribution in [0.1, 0.15) is 58.8 Å². The Kier molecular flexibility index (Phi) is 11.3. The molecule has 2 atom stereocenters. The van der Waals surface area contributed by atoms with Crippen molar-refractivity contribution in [3.8, 4) is 0 Å². The van der Waals surface area contributed by atoms with Crippen molar-refractivity contribution in [1.29, 1.82) is 0 Å². The number of hydrogen-bond acceptors (Lipinski definition) is 3. The summed E-state index contributed by atoms with van der Waals surface area (Å²) in [5, 5.41) is 17.9. The smallest absolute Gasteiger partial charge is 0.0701 e. The van der Waals surface area contributed by atoms with Gasteiger partial charge in [-0.3, -0.25) is 0 Å². The summed E-state index contributed by atoms with van der Waals surface area (Å²) in [6.45, 7) is 4.63. The van der Waals surface area contributed by atoms with Crippen molar-refractivity contribution >= 4 is 0 Å². The fourth-order valence-electron chi connectivity index (χ4n) is 1.71. The van der Waals surface area contributed by atoms with Gasteiger partial charge in [-0.15, -0.1) is 0 Å². The van der Waals surface area contributed by atoms with Gasteiger partial charge in [0.05, 0.1) is 25.4 Å². The van der Waals surface area contributed by atoms with Gasteiger partial charge in [-0.2, -0.15) is 0 Å². The van der Waals surface area contributed by atoms with E-state index in [1.54, 1.807) is 0 Å². The van der Waals surface area contributed by atoms with Crippen LogP contribution in [0.4, 0.5) is 0 Å². The molecule has 0 aliphatic rings. The number of ether oxygens (including phenoxy) is 1. The van der Waals surface area contributed by atoms with Gasteiger partial charge in [0.2, 0.25) is 0 Å². The lowest BCUT2D eigenvalue weighted by Gasteiger charge is -2.12. The molecule has 3 heteroatoms. The lowest BCUT2D eigenvalue weighted by Crippen LogP contribution is -2.11. The van der Waals surface area contributed by atoms with Crippen LogP contribution in [0.5, 0.6) is 0 Å². The molecule has 0 fully saturated rings. The molecule has 3 nitrogen and oxygen atoms in total. The zero-order valence-electron chi connectivity index (χ0n) is 10.8. The van der Waals surface area contributed by atoms with Gasteiger partial charge in [0.15, 0.2) is 0 Å². The molecule has 0 rings (SSSR count). The fraction of sp³-hybridized carbons (Fsp3) is 1.00. The Hall–Kier alpha value is -0.120. The Balaban J connectivity index is 3.14. The molecule has 0 bridgehead atoms. The molecule has 98 valence electrons. The summed E-state index contributed by atoms with van der Waals surface area (Å²) < 4.78 is 5.36. The van der Waals surface area contributed by atoms with Gasteiger partial charge >= 0.3 is 0 Å². The van der Waals surface area contributed by atoms with Crippen molar-refractivity contribution in [2.75, 3.05) is 13.2 Å². The third kappa shape index (κ3) is 10.4. The summed E-state index contributed by atoms with van der Waals surface area (Å²) in [5.41, 5.74) is 0. The molecule has 0 amide bonds. The molecule has 0 saturated carbocycles. The molecule has 0 radical (unpaired) electrons. The van der Waals surface area contributed by atoms with Crippen molar-refractivity contribution < 1.29 is 14.9 Å². The van der Waals surface area contributed by atoms with E-state index < -0.39 is 0 Å². The highest BCUT2D eigenvalue weighted by molar-refractivity contribution is 4.55. The van der Waals surface area contributed by atoms with Crippen LogP contribution in [0.2, 0.25) is 0 Å². The monoisotopic (exact) mass is 232 g/mol. The van der Waals surface area contributed by atoms with Crippen molar-refractivity contribution in [3.05, 3.63) is 0 Å². The largest absolute Gasteiger partial charge is 0.394 e. The first-order valence-electron chi connectivity index (χ1n) is 6.61. The molecule has 2 N–H and O–H groups in total. The van der Waals surface area contributed by atoms with Gasteiger partial charge < -0.3 is 14.9 Å². The Morgan fingerprint density at radius 2 is 1.69 bits per heavy atom. The fourth-order valence-corrected chi connectivity index (χ4v) is 1.71. The SMILES string of the molecule is CCC(O)CCCCCCC(C)OCCO. The molecule has 0 aromatic carbocycles. The van der Waals surface area contributed by atoms with Crippen molar-refractivity contribution in [1.82, 2.24) is 0 Å². The third-order valence-corrected chi connectivity index (χ3v) is 2.86. The molecule has 0 aromatic heterocycles. The zero-order chi connectivity index (χ0) is 12.2. The Labute approximate surface area is 99.8 Å². The number of rotatable bonds is 11. The van der Waals surface area contributed by atoms with Crippen LogP contribution in [-0.4, -0.2) is 35.6 Å². The van der Waals surface area contributed by atoms with E-state index in [1.165, 1.54) is 19.3 Å². The summed E-state index contributed by atoms with van der Waals surface area (Å²) in [6, 6.07) is 0. The minimum Gasteiger partial charge on any atom is -0.394 e. The zero-order valence-corrected chi connectivity index (χ0v) is 10.8. The average molecular weight is 232 g/mol. The summed E-state index contributed by atoms with van der Waals surface area (Å²) in [7, 11) is 0. The van der Waals surface area contributed by atoms with Crippen LogP contribution < -0.4 is 0 Å². The molecule has 0 aromatic rings. The molecule has 0 heterocycles. The van der Waals surface area contributed by atoms with Crippen LogP contribution in [0.15, 0.2) is 0 Å². The average Bonchev–Trinajstić information content (AvgIpc) is 2.30. The molecular formula is C13H28O3. The summed E-state index contributed by atoms with van der Waals surface area (Å²) in [4.78, 5) is 0. The highest BCUT2D eigenvalue weighted by atomic mass is 16.5. The molecule has 0 saturated heterocycles. The maximum atomic E-state index is 9.36. The van der Waals surface area contributed by atoms with Crippen molar-refractivity contribution in [3.63, 3.8) is 0 Å². The van der Waals surface area contributed by atoms with Crippen LogP contribution >= 0.6 is 0 Å². The van der Waals surface area contributed by atoms with Gasteiger partial charge in [-0.25, -0.2) is 0 Å². The topological polar surface area (TPSA) is 49.7 Å². The second-order valence-electron chi connectivity index (χ2n) is 4.46. The van der Waals surface area contributed by atoms with E-state index >= 15 is 0 Å². The van der Waals surface area contributed by atoms with Crippen LogP contribution in [0.25, 0.3) is 0 Å². The van der Waals surface area contributed by atoms with Gasteiger partial charge in [0, 0.05) is 0 Å². The maximum Gasteiger partial charge on any atom is 0.0701 e. The number of hydrogen-bond donors (Lipinski definition) is 2. The molecular weight excluding hydrogens is 204 g/mol. The van der Waals surface area contributed by atoms with Crippen molar-refractivity contribution in [2.24, 2.45) is 0 Å². The standard InChI is InChI=1S/C13H28O3/c1-3-13(15)9-7-5-4-6-8-12(2)16-11-10-14/h12-15H,3-11H2,1-2H3. The first kappa shape index (κ1) is 15.9. The summed E-state index contributed by atoms with van der Waals surface area (Å²) in [6.07, 6.45) is 7.73. The molecule has 0 aliphatic carbocycles. The Morgan fingerprint density at radius 1 is 1.06 bits per heavy atom. The molecule has 2 unspecified atom stereocenters. The van der Waals surface area contributed by atoms with E-state index in [4.69, 9.17) is 9.84 Å². The second kappa shape index (κ2) is 11.4. The molecule has 0 spiro atoms. The van der Waals surface area contributed by atoms with E-state index in [0.29, 0.717) is 6.61 Å².